The first-order valence-electron chi connectivity index (χ1n) is 7.92. The lowest BCUT2D eigenvalue weighted by atomic mass is 9.85. The van der Waals surface area contributed by atoms with Crippen molar-refractivity contribution in [1.82, 2.24) is 15.3 Å². The number of fused-ring (bicyclic) bond motifs is 1. The van der Waals surface area contributed by atoms with Gasteiger partial charge in [-0.25, -0.2) is 13.8 Å². The first-order chi connectivity index (χ1) is 11.0. The molecule has 9 heteroatoms. The summed E-state index contributed by atoms with van der Waals surface area (Å²) >= 11 is 0. The van der Waals surface area contributed by atoms with E-state index in [1.165, 1.54) is 6.42 Å². The second-order valence-corrected chi connectivity index (χ2v) is 6.46. The van der Waals surface area contributed by atoms with Crippen molar-refractivity contribution in [2.75, 3.05) is 11.9 Å². The molecule has 1 unspecified atom stereocenters. The Kier molecular flexibility index (Phi) is 5.91. The van der Waals surface area contributed by atoms with Crippen LogP contribution in [0.3, 0.4) is 0 Å². The molecule has 2 aromatic rings. The Morgan fingerprint density at radius 2 is 2.04 bits per heavy atom. The number of imidazole rings is 1. The summed E-state index contributed by atoms with van der Waals surface area (Å²) < 4.78 is 26.3. The molecule has 1 aliphatic carbocycles. The topological polar surface area (TPSA) is 69.8 Å². The highest BCUT2D eigenvalue weighted by molar-refractivity contribution is 5.96. The van der Waals surface area contributed by atoms with E-state index in [0.29, 0.717) is 11.6 Å². The summed E-state index contributed by atoms with van der Waals surface area (Å²) in [5.74, 6) is -1.75. The molecule has 0 bridgehead atoms. The first-order valence-corrected chi connectivity index (χ1v) is 7.92. The molecule has 0 radical (unpaired) electrons. The van der Waals surface area contributed by atoms with Crippen molar-refractivity contribution in [3.8, 4) is 0 Å². The number of alkyl halides is 2. The highest BCUT2D eigenvalue weighted by Gasteiger charge is 2.42. The van der Waals surface area contributed by atoms with Crippen molar-refractivity contribution in [2.24, 2.45) is 0 Å². The number of aromatic nitrogens is 2. The summed E-state index contributed by atoms with van der Waals surface area (Å²) in [6.45, 7) is -0.449. The number of benzene rings is 1. The number of nitrogens with one attached hydrogen (secondary N) is 3. The van der Waals surface area contributed by atoms with E-state index in [1.807, 2.05) is 6.07 Å². The quantitative estimate of drug-likeness (QED) is 0.746. The van der Waals surface area contributed by atoms with Crippen LogP contribution in [0.4, 0.5) is 14.5 Å². The van der Waals surface area contributed by atoms with Gasteiger partial charge in [0.15, 0.2) is 0 Å². The third-order valence-electron chi connectivity index (χ3n) is 4.69. The maximum absolute atomic E-state index is 13.2. The smallest absolute Gasteiger partial charge is 0.262 e. The van der Waals surface area contributed by atoms with Crippen molar-refractivity contribution in [2.45, 2.75) is 43.6 Å². The van der Waals surface area contributed by atoms with Crippen LogP contribution in [0, 0.1) is 0 Å². The SMILES string of the molecule is Cl.Cl.O=C(Nc1ccc2nc(C3CCC3)[nH]c2c1)C1CC(F)(F)CN1. The Balaban J connectivity index is 0.00000113. The van der Waals surface area contributed by atoms with Crippen LogP contribution in [0.25, 0.3) is 11.0 Å². The fourth-order valence-electron chi connectivity index (χ4n) is 3.11. The molecular weight excluding hydrogens is 373 g/mol. The molecule has 3 N–H and O–H groups in total. The number of nitrogens with zero attached hydrogens (tertiary/aromatic N) is 1. The Labute approximate surface area is 156 Å². The van der Waals surface area contributed by atoms with Gasteiger partial charge < -0.3 is 10.3 Å². The molecule has 1 aromatic heterocycles. The molecule has 2 heterocycles. The number of H-pyrrole nitrogens is 1. The Bertz CT molecular complexity index is 764. The largest absolute Gasteiger partial charge is 0.342 e. The molecule has 2 aliphatic rings. The molecule has 1 aromatic carbocycles. The van der Waals surface area contributed by atoms with Crippen LogP contribution in [0.1, 0.15) is 37.4 Å². The summed E-state index contributed by atoms with van der Waals surface area (Å²) in [5.41, 5.74) is 2.30. The van der Waals surface area contributed by atoms with Crippen molar-refractivity contribution in [1.29, 1.82) is 0 Å². The van der Waals surface area contributed by atoms with Gasteiger partial charge in [-0.2, -0.15) is 0 Å². The Morgan fingerprint density at radius 3 is 2.64 bits per heavy atom. The van der Waals surface area contributed by atoms with Crippen LogP contribution in [0.2, 0.25) is 0 Å². The van der Waals surface area contributed by atoms with E-state index in [1.54, 1.807) is 12.1 Å². The second kappa shape index (κ2) is 7.43. The van der Waals surface area contributed by atoms with Gasteiger partial charge >= 0.3 is 0 Å². The van der Waals surface area contributed by atoms with E-state index < -0.39 is 30.8 Å². The van der Waals surface area contributed by atoms with Crippen molar-refractivity contribution in [3.63, 3.8) is 0 Å². The van der Waals surface area contributed by atoms with Crippen LogP contribution >= 0.6 is 24.8 Å². The molecule has 1 amide bonds. The Hall–Kier alpha value is -1.44. The third-order valence-corrected chi connectivity index (χ3v) is 4.69. The first kappa shape index (κ1) is 19.9. The minimum Gasteiger partial charge on any atom is -0.342 e. The maximum atomic E-state index is 13.2. The van der Waals surface area contributed by atoms with E-state index >= 15 is 0 Å². The fraction of sp³-hybridized carbons (Fsp3) is 0.500. The molecular formula is C16H20Cl2F2N4O. The standard InChI is InChI=1S/C16H18F2N4O.2ClH/c17-16(18)7-13(19-8-16)15(23)20-10-4-5-11-12(6-10)22-14(21-11)9-2-1-3-9;;/h4-6,9,13,19H,1-3,7-8H2,(H,20,23)(H,21,22);2*1H. The van der Waals surface area contributed by atoms with Crippen molar-refractivity contribution < 1.29 is 13.6 Å². The maximum Gasteiger partial charge on any atom is 0.262 e. The molecule has 1 saturated carbocycles. The lowest BCUT2D eigenvalue weighted by Crippen LogP contribution is -2.35. The Morgan fingerprint density at radius 1 is 1.28 bits per heavy atom. The molecule has 4 rings (SSSR count). The van der Waals surface area contributed by atoms with Crippen LogP contribution in [0.15, 0.2) is 18.2 Å². The average Bonchev–Trinajstić information content (AvgIpc) is 2.99. The van der Waals surface area contributed by atoms with Crippen molar-refractivity contribution >= 4 is 47.4 Å². The molecule has 5 nitrogen and oxygen atoms in total. The number of carbonyl (C=O) groups is 1. The van der Waals surface area contributed by atoms with Gasteiger partial charge in [0.05, 0.1) is 23.6 Å². The van der Waals surface area contributed by atoms with Crippen LogP contribution in [-0.2, 0) is 4.79 Å². The highest BCUT2D eigenvalue weighted by Crippen LogP contribution is 2.35. The van der Waals surface area contributed by atoms with Crippen molar-refractivity contribution in [3.05, 3.63) is 24.0 Å². The zero-order valence-corrected chi connectivity index (χ0v) is 15.0. The molecule has 1 saturated heterocycles. The normalized spacial score (nSPS) is 21.9. The average molecular weight is 393 g/mol. The van der Waals surface area contributed by atoms with Crippen LogP contribution in [-0.4, -0.2) is 34.4 Å². The number of hydrogen-bond donors (Lipinski definition) is 3. The number of hydrogen-bond acceptors (Lipinski definition) is 3. The molecule has 1 atom stereocenters. The predicted molar refractivity (Wildman–Crippen MR) is 97.2 cm³/mol. The monoisotopic (exact) mass is 392 g/mol. The van der Waals surface area contributed by atoms with E-state index in [0.717, 1.165) is 29.7 Å². The number of halogens is 4. The van der Waals surface area contributed by atoms with Gasteiger partial charge in [-0.1, -0.05) is 6.42 Å². The highest BCUT2D eigenvalue weighted by atomic mass is 35.5. The second-order valence-electron chi connectivity index (χ2n) is 6.46. The predicted octanol–water partition coefficient (Wildman–Crippen LogP) is 3.61. The van der Waals surface area contributed by atoms with Gasteiger partial charge in [-0.05, 0) is 31.0 Å². The van der Waals surface area contributed by atoms with Gasteiger partial charge in [0.2, 0.25) is 5.91 Å². The summed E-state index contributed by atoms with van der Waals surface area (Å²) in [6.07, 6.45) is 3.09. The van der Waals surface area contributed by atoms with Gasteiger partial charge in [0.1, 0.15) is 5.82 Å². The van der Waals surface area contributed by atoms with E-state index in [-0.39, 0.29) is 24.8 Å². The number of amides is 1. The summed E-state index contributed by atoms with van der Waals surface area (Å²) in [7, 11) is 0. The van der Waals surface area contributed by atoms with E-state index in [9.17, 15) is 13.6 Å². The summed E-state index contributed by atoms with van der Waals surface area (Å²) in [5, 5.41) is 5.25. The summed E-state index contributed by atoms with van der Waals surface area (Å²) in [6, 6.07) is 4.53. The van der Waals surface area contributed by atoms with Crippen LogP contribution < -0.4 is 10.6 Å². The van der Waals surface area contributed by atoms with Gasteiger partial charge in [-0.3, -0.25) is 10.1 Å². The lowest BCUT2D eigenvalue weighted by Gasteiger charge is -2.22. The van der Waals surface area contributed by atoms with E-state index in [4.69, 9.17) is 0 Å². The fourth-order valence-corrected chi connectivity index (χ4v) is 3.11. The molecule has 1 aliphatic heterocycles. The number of aromatic amines is 1. The number of rotatable bonds is 3. The number of anilines is 1. The zero-order valence-electron chi connectivity index (χ0n) is 13.4. The van der Waals surface area contributed by atoms with Gasteiger partial charge in [-0.15, -0.1) is 24.8 Å². The molecule has 2 fully saturated rings. The number of carbonyl (C=O) groups excluding carboxylic acids is 1. The molecule has 138 valence electrons. The minimum atomic E-state index is -2.81. The third kappa shape index (κ3) is 4.04. The minimum absolute atomic E-state index is 0. The molecule has 0 spiro atoms. The van der Waals surface area contributed by atoms with Crippen LogP contribution in [0.5, 0.6) is 0 Å². The van der Waals surface area contributed by atoms with Gasteiger partial charge in [0.25, 0.3) is 5.92 Å². The summed E-state index contributed by atoms with van der Waals surface area (Å²) in [4.78, 5) is 19.9. The zero-order chi connectivity index (χ0) is 16.0. The molecule has 25 heavy (non-hydrogen) atoms. The lowest BCUT2D eigenvalue weighted by molar-refractivity contribution is -0.118. The van der Waals surface area contributed by atoms with Gasteiger partial charge in [0, 0.05) is 18.0 Å². The van der Waals surface area contributed by atoms with E-state index in [2.05, 4.69) is 20.6 Å².